The molecule has 1 saturated heterocycles. The van der Waals surface area contributed by atoms with Crippen LogP contribution in [0.1, 0.15) is 0 Å². The van der Waals surface area contributed by atoms with E-state index in [-0.39, 0.29) is 11.9 Å². The molecular weight excluding hydrogens is 160 g/mol. The molecule has 4 heteroatoms. The van der Waals surface area contributed by atoms with Crippen LogP contribution >= 0.6 is 0 Å². The number of ether oxygens (including phenoxy) is 3. The van der Waals surface area contributed by atoms with E-state index >= 15 is 0 Å². The largest absolute Gasteiger partial charge is 0.380 e. The van der Waals surface area contributed by atoms with Gasteiger partial charge in [-0.25, -0.2) is 0 Å². The van der Waals surface area contributed by atoms with Gasteiger partial charge in [0.05, 0.1) is 13.2 Å². The minimum absolute atomic E-state index is 0.0575. The Morgan fingerprint density at radius 2 is 2.58 bits per heavy atom. The van der Waals surface area contributed by atoms with E-state index in [0.29, 0.717) is 18.8 Å². The molecular formula is C8H10O4. The van der Waals surface area contributed by atoms with E-state index in [9.17, 15) is 4.79 Å². The van der Waals surface area contributed by atoms with Crippen LogP contribution in [0.3, 0.4) is 0 Å². The quantitative estimate of drug-likeness (QED) is 0.579. The van der Waals surface area contributed by atoms with Gasteiger partial charge in [0.25, 0.3) is 0 Å². The predicted octanol–water partition coefficient (Wildman–Crippen LogP) is -0.117. The molecule has 0 aromatic heterocycles. The van der Waals surface area contributed by atoms with E-state index in [2.05, 4.69) is 0 Å². The van der Waals surface area contributed by atoms with E-state index in [1.165, 1.54) is 0 Å². The molecule has 12 heavy (non-hydrogen) atoms. The Bertz CT molecular complexity index is 233. The Balaban J connectivity index is 2.17. The Labute approximate surface area is 70.1 Å². The van der Waals surface area contributed by atoms with E-state index in [1.54, 1.807) is 13.2 Å². The molecule has 0 amide bonds. The summed E-state index contributed by atoms with van der Waals surface area (Å²) in [5, 5.41) is 0. The number of carbonyl (C=O) groups excluding carboxylic acids is 1. The maximum atomic E-state index is 11.4. The molecule has 4 nitrogen and oxygen atoms in total. The molecule has 0 unspecified atom stereocenters. The number of carbonyl (C=O) groups is 1. The molecule has 1 fully saturated rings. The monoisotopic (exact) mass is 170 g/mol. The van der Waals surface area contributed by atoms with Gasteiger partial charge in [0.15, 0.2) is 0 Å². The third-order valence-electron chi connectivity index (χ3n) is 1.93. The average molecular weight is 170 g/mol. The molecule has 0 aromatic carbocycles. The molecule has 2 aliphatic heterocycles. The number of hydrogen-bond donors (Lipinski definition) is 0. The van der Waals surface area contributed by atoms with Gasteiger partial charge in [0, 0.05) is 12.7 Å². The van der Waals surface area contributed by atoms with Crippen LogP contribution in [-0.4, -0.2) is 38.5 Å². The van der Waals surface area contributed by atoms with Crippen molar-refractivity contribution in [2.75, 3.05) is 20.3 Å². The van der Waals surface area contributed by atoms with Crippen molar-refractivity contribution in [2.24, 2.45) is 0 Å². The number of methoxy groups -OCH3 is 1. The Morgan fingerprint density at radius 1 is 1.75 bits per heavy atom. The maximum Gasteiger partial charge on any atom is 0.223 e. The zero-order valence-corrected chi connectivity index (χ0v) is 6.78. The van der Waals surface area contributed by atoms with Crippen LogP contribution in [0.5, 0.6) is 0 Å². The SMILES string of the molecule is COCC1=C[C@H]2CO[C@H](O2)C1=O. The van der Waals surface area contributed by atoms with Crippen molar-refractivity contribution < 1.29 is 19.0 Å². The lowest BCUT2D eigenvalue weighted by Crippen LogP contribution is -2.29. The van der Waals surface area contributed by atoms with Crippen LogP contribution in [0.25, 0.3) is 0 Å². The Kier molecular flexibility index (Phi) is 1.96. The van der Waals surface area contributed by atoms with Crippen LogP contribution < -0.4 is 0 Å². The van der Waals surface area contributed by atoms with Gasteiger partial charge in [-0.1, -0.05) is 0 Å². The van der Waals surface area contributed by atoms with Gasteiger partial charge in [-0.2, -0.15) is 0 Å². The summed E-state index contributed by atoms with van der Waals surface area (Å²) in [4.78, 5) is 11.4. The van der Waals surface area contributed by atoms with Crippen molar-refractivity contribution in [1.82, 2.24) is 0 Å². The van der Waals surface area contributed by atoms with E-state index in [0.717, 1.165) is 0 Å². The summed E-state index contributed by atoms with van der Waals surface area (Å²) in [6.45, 7) is 0.822. The topological polar surface area (TPSA) is 44.8 Å². The van der Waals surface area contributed by atoms with Crippen molar-refractivity contribution >= 4 is 5.78 Å². The first kappa shape index (κ1) is 7.91. The van der Waals surface area contributed by atoms with Crippen LogP contribution in [-0.2, 0) is 19.0 Å². The summed E-state index contributed by atoms with van der Waals surface area (Å²) in [5.74, 6) is -0.106. The third-order valence-corrected chi connectivity index (χ3v) is 1.93. The normalized spacial score (nSPS) is 33.8. The van der Waals surface area contributed by atoms with Gasteiger partial charge in [-0.15, -0.1) is 0 Å². The zero-order valence-electron chi connectivity index (χ0n) is 6.78. The van der Waals surface area contributed by atoms with Crippen LogP contribution in [0.2, 0.25) is 0 Å². The van der Waals surface area contributed by atoms with Crippen molar-refractivity contribution in [3.63, 3.8) is 0 Å². The fourth-order valence-electron chi connectivity index (χ4n) is 1.38. The summed E-state index contributed by atoms with van der Waals surface area (Å²) >= 11 is 0. The number of rotatable bonds is 2. The molecule has 2 aliphatic rings. The minimum atomic E-state index is -0.676. The molecule has 2 atom stereocenters. The summed E-state index contributed by atoms with van der Waals surface area (Å²) in [6.07, 6.45) is 1.04. The highest BCUT2D eigenvalue weighted by atomic mass is 16.7. The smallest absolute Gasteiger partial charge is 0.223 e. The molecule has 0 radical (unpaired) electrons. The van der Waals surface area contributed by atoms with Gasteiger partial charge in [-0.05, 0) is 6.08 Å². The van der Waals surface area contributed by atoms with Gasteiger partial charge in [0.1, 0.15) is 6.10 Å². The fourth-order valence-corrected chi connectivity index (χ4v) is 1.38. The predicted molar refractivity (Wildman–Crippen MR) is 39.6 cm³/mol. The van der Waals surface area contributed by atoms with Crippen LogP contribution in [0.15, 0.2) is 11.6 Å². The van der Waals surface area contributed by atoms with E-state index in [4.69, 9.17) is 14.2 Å². The van der Waals surface area contributed by atoms with Gasteiger partial charge in [0.2, 0.25) is 12.1 Å². The molecule has 0 spiro atoms. The molecule has 0 aliphatic carbocycles. The van der Waals surface area contributed by atoms with Crippen molar-refractivity contribution in [3.05, 3.63) is 11.6 Å². The summed E-state index contributed by atoms with van der Waals surface area (Å²) in [6, 6.07) is 0. The molecule has 66 valence electrons. The maximum absolute atomic E-state index is 11.4. The molecule has 0 saturated carbocycles. The van der Waals surface area contributed by atoms with E-state index in [1.807, 2.05) is 0 Å². The molecule has 2 bridgehead atoms. The second-order valence-electron chi connectivity index (χ2n) is 2.83. The fraction of sp³-hybridized carbons (Fsp3) is 0.625. The number of ketones is 1. The first-order chi connectivity index (χ1) is 5.81. The second-order valence-corrected chi connectivity index (χ2v) is 2.83. The highest BCUT2D eigenvalue weighted by Gasteiger charge is 2.37. The first-order valence-electron chi connectivity index (χ1n) is 3.82. The minimum Gasteiger partial charge on any atom is -0.380 e. The third kappa shape index (κ3) is 1.18. The lowest BCUT2D eigenvalue weighted by Gasteiger charge is -2.16. The molecule has 2 rings (SSSR count). The number of hydrogen-bond acceptors (Lipinski definition) is 4. The molecule has 0 aromatic rings. The van der Waals surface area contributed by atoms with Gasteiger partial charge < -0.3 is 14.2 Å². The summed E-state index contributed by atoms with van der Waals surface area (Å²) < 4.78 is 15.1. The van der Waals surface area contributed by atoms with E-state index < -0.39 is 6.29 Å². The van der Waals surface area contributed by atoms with Crippen molar-refractivity contribution in [1.29, 1.82) is 0 Å². The van der Waals surface area contributed by atoms with Crippen molar-refractivity contribution in [3.8, 4) is 0 Å². The van der Waals surface area contributed by atoms with Crippen LogP contribution in [0.4, 0.5) is 0 Å². The Morgan fingerprint density at radius 3 is 3.33 bits per heavy atom. The zero-order chi connectivity index (χ0) is 8.55. The Hall–Kier alpha value is -0.710. The van der Waals surface area contributed by atoms with Gasteiger partial charge in [-0.3, -0.25) is 4.79 Å². The van der Waals surface area contributed by atoms with Gasteiger partial charge >= 0.3 is 0 Å². The second kappa shape index (κ2) is 2.97. The highest BCUT2D eigenvalue weighted by Crippen LogP contribution is 2.23. The molecule has 0 N–H and O–H groups in total. The lowest BCUT2D eigenvalue weighted by atomic mass is 10.1. The summed E-state index contributed by atoms with van der Waals surface area (Å²) in [7, 11) is 1.56. The van der Waals surface area contributed by atoms with Crippen molar-refractivity contribution in [2.45, 2.75) is 12.4 Å². The molecule has 2 heterocycles. The standard InChI is InChI=1S/C8H10O4/c1-10-3-5-2-6-4-11-8(12-6)7(5)9/h2,6,8H,3-4H2,1H3/t6-,8+/m0/s1. The number of fused-ring (bicyclic) bond motifs is 2. The average Bonchev–Trinajstić information content (AvgIpc) is 2.45. The first-order valence-corrected chi connectivity index (χ1v) is 3.82. The highest BCUT2D eigenvalue weighted by molar-refractivity contribution is 5.99. The van der Waals surface area contributed by atoms with Crippen LogP contribution in [0, 0.1) is 0 Å². The summed E-state index contributed by atoms with van der Waals surface area (Å²) in [5.41, 5.74) is 0.663. The lowest BCUT2D eigenvalue weighted by molar-refractivity contribution is -0.143. The number of Topliss-reactive ketones (excluding diaryl/α,β-unsaturated/α-hetero) is 1.